The smallest absolute Gasteiger partial charge is 0.151 e. The number of likely N-dealkylation sites (N-methyl/N-ethyl adjacent to an activating group) is 1. The van der Waals surface area contributed by atoms with E-state index in [4.69, 9.17) is 5.73 Å². The normalized spacial score (nSPS) is 21.4. The number of pyridine rings is 1. The lowest BCUT2D eigenvalue weighted by Crippen LogP contribution is -2.45. The van der Waals surface area contributed by atoms with Gasteiger partial charge in [-0.1, -0.05) is 0 Å². The number of rotatable bonds is 2. The number of nitrogens with two attached hydrogens (primary N) is 1. The maximum atomic E-state index is 5.96. The molecule has 1 fully saturated rings. The molecule has 16 heavy (non-hydrogen) atoms. The molecule has 1 aromatic heterocycles. The van der Waals surface area contributed by atoms with Crippen LogP contribution in [0.15, 0.2) is 18.3 Å². The first-order valence-electron chi connectivity index (χ1n) is 5.80. The first-order chi connectivity index (χ1) is 7.68. The van der Waals surface area contributed by atoms with Gasteiger partial charge in [0.15, 0.2) is 5.82 Å². The van der Waals surface area contributed by atoms with Crippen LogP contribution in [0.25, 0.3) is 0 Å². The molecular weight excluding hydrogens is 200 g/mol. The Balaban J connectivity index is 2.13. The van der Waals surface area contributed by atoms with E-state index in [1.807, 2.05) is 18.3 Å². The van der Waals surface area contributed by atoms with E-state index in [9.17, 15) is 0 Å². The predicted molar refractivity (Wildman–Crippen MR) is 67.6 cm³/mol. The minimum atomic E-state index is 0.607. The maximum absolute atomic E-state index is 5.96. The molecule has 1 unspecified atom stereocenters. The zero-order valence-corrected chi connectivity index (χ0v) is 10.1. The van der Waals surface area contributed by atoms with E-state index < -0.39 is 0 Å². The van der Waals surface area contributed by atoms with Crippen molar-refractivity contribution in [3.63, 3.8) is 0 Å². The summed E-state index contributed by atoms with van der Waals surface area (Å²) < 4.78 is 0. The number of nitrogen functional groups attached to an aromatic ring is 1. The highest BCUT2D eigenvalue weighted by atomic mass is 15.2. The zero-order chi connectivity index (χ0) is 11.5. The second-order valence-electron chi connectivity index (χ2n) is 4.62. The van der Waals surface area contributed by atoms with Gasteiger partial charge in [0.25, 0.3) is 0 Å². The highest BCUT2D eigenvalue weighted by Crippen LogP contribution is 2.24. The lowest BCUT2D eigenvalue weighted by Gasteiger charge is -2.37. The van der Waals surface area contributed by atoms with Gasteiger partial charge in [0.2, 0.25) is 0 Å². The summed E-state index contributed by atoms with van der Waals surface area (Å²) in [6, 6.07) is 4.41. The Bertz CT molecular complexity index is 351. The first kappa shape index (κ1) is 11.2. The van der Waals surface area contributed by atoms with Gasteiger partial charge in [-0.05, 0) is 39.1 Å². The number of anilines is 2. The van der Waals surface area contributed by atoms with Crippen molar-refractivity contribution >= 4 is 11.5 Å². The van der Waals surface area contributed by atoms with Gasteiger partial charge < -0.3 is 15.5 Å². The van der Waals surface area contributed by atoms with E-state index in [-0.39, 0.29) is 0 Å². The molecular formula is C12H20N4. The van der Waals surface area contributed by atoms with Gasteiger partial charge in [-0.3, -0.25) is 0 Å². The van der Waals surface area contributed by atoms with E-state index >= 15 is 0 Å². The largest absolute Gasteiger partial charge is 0.396 e. The minimum absolute atomic E-state index is 0.607. The summed E-state index contributed by atoms with van der Waals surface area (Å²) in [5.41, 5.74) is 6.73. The fourth-order valence-electron chi connectivity index (χ4n) is 2.24. The van der Waals surface area contributed by atoms with Crippen molar-refractivity contribution in [3.05, 3.63) is 18.3 Å². The molecule has 1 atom stereocenters. The SMILES string of the molecule is CN(C)C1CCCN(c2ncccc2N)C1. The van der Waals surface area contributed by atoms with Crippen LogP contribution in [0.4, 0.5) is 11.5 Å². The molecule has 1 saturated heterocycles. The van der Waals surface area contributed by atoms with Crippen molar-refractivity contribution in [2.75, 3.05) is 37.8 Å². The molecule has 4 heteroatoms. The Morgan fingerprint density at radius 3 is 3.00 bits per heavy atom. The second-order valence-corrected chi connectivity index (χ2v) is 4.62. The van der Waals surface area contributed by atoms with E-state index in [0.717, 1.165) is 24.6 Å². The number of nitrogens with zero attached hydrogens (tertiary/aromatic N) is 3. The summed E-state index contributed by atoms with van der Waals surface area (Å²) in [5.74, 6) is 0.939. The molecule has 4 nitrogen and oxygen atoms in total. The molecule has 0 amide bonds. The van der Waals surface area contributed by atoms with Crippen molar-refractivity contribution < 1.29 is 0 Å². The van der Waals surface area contributed by atoms with Crippen LogP contribution in [0.5, 0.6) is 0 Å². The summed E-state index contributed by atoms with van der Waals surface area (Å²) >= 11 is 0. The fraction of sp³-hybridized carbons (Fsp3) is 0.583. The molecule has 88 valence electrons. The monoisotopic (exact) mass is 220 g/mol. The quantitative estimate of drug-likeness (QED) is 0.813. The number of hydrogen-bond acceptors (Lipinski definition) is 4. The average Bonchev–Trinajstić information content (AvgIpc) is 2.30. The highest BCUT2D eigenvalue weighted by molar-refractivity contribution is 5.62. The van der Waals surface area contributed by atoms with E-state index in [1.165, 1.54) is 12.8 Å². The van der Waals surface area contributed by atoms with Crippen molar-refractivity contribution in [3.8, 4) is 0 Å². The summed E-state index contributed by atoms with van der Waals surface area (Å²) in [4.78, 5) is 8.96. The molecule has 0 saturated carbocycles. The van der Waals surface area contributed by atoms with Crippen molar-refractivity contribution in [2.45, 2.75) is 18.9 Å². The van der Waals surface area contributed by atoms with Gasteiger partial charge in [-0.15, -0.1) is 0 Å². The maximum Gasteiger partial charge on any atom is 0.151 e. The van der Waals surface area contributed by atoms with Crippen molar-refractivity contribution in [1.29, 1.82) is 0 Å². The molecule has 0 radical (unpaired) electrons. The molecule has 1 aliphatic heterocycles. The summed E-state index contributed by atoms with van der Waals surface area (Å²) in [6.45, 7) is 2.08. The zero-order valence-electron chi connectivity index (χ0n) is 10.1. The third-order valence-electron chi connectivity index (χ3n) is 3.24. The van der Waals surface area contributed by atoms with Gasteiger partial charge in [0.1, 0.15) is 0 Å². The summed E-state index contributed by atoms with van der Waals surface area (Å²) in [5, 5.41) is 0. The lowest BCUT2D eigenvalue weighted by molar-refractivity contribution is 0.257. The number of piperidine rings is 1. The summed E-state index contributed by atoms with van der Waals surface area (Å²) in [7, 11) is 4.27. The Morgan fingerprint density at radius 1 is 1.50 bits per heavy atom. The van der Waals surface area contributed by atoms with Crippen LogP contribution in [0.2, 0.25) is 0 Å². The second kappa shape index (κ2) is 4.70. The third kappa shape index (κ3) is 2.27. The topological polar surface area (TPSA) is 45.4 Å². The lowest BCUT2D eigenvalue weighted by atomic mass is 10.0. The molecule has 1 aromatic rings. The molecule has 0 aromatic carbocycles. The van der Waals surface area contributed by atoms with Crippen LogP contribution in [-0.4, -0.2) is 43.1 Å². The van der Waals surface area contributed by atoms with Gasteiger partial charge in [-0.25, -0.2) is 4.98 Å². The molecule has 1 aliphatic rings. The first-order valence-corrected chi connectivity index (χ1v) is 5.80. The Hall–Kier alpha value is -1.29. The van der Waals surface area contributed by atoms with Crippen LogP contribution < -0.4 is 10.6 Å². The van der Waals surface area contributed by atoms with Crippen LogP contribution in [0, 0.1) is 0 Å². The van der Waals surface area contributed by atoms with Gasteiger partial charge in [0.05, 0.1) is 5.69 Å². The van der Waals surface area contributed by atoms with E-state index in [1.54, 1.807) is 0 Å². The van der Waals surface area contributed by atoms with Crippen molar-refractivity contribution in [2.24, 2.45) is 0 Å². The molecule has 2 heterocycles. The Labute approximate surface area is 97.1 Å². The Morgan fingerprint density at radius 2 is 2.31 bits per heavy atom. The van der Waals surface area contributed by atoms with Crippen LogP contribution in [-0.2, 0) is 0 Å². The van der Waals surface area contributed by atoms with Gasteiger partial charge >= 0.3 is 0 Å². The highest BCUT2D eigenvalue weighted by Gasteiger charge is 2.23. The third-order valence-corrected chi connectivity index (χ3v) is 3.24. The van der Waals surface area contributed by atoms with E-state index in [0.29, 0.717) is 6.04 Å². The molecule has 0 spiro atoms. The fourth-order valence-corrected chi connectivity index (χ4v) is 2.24. The predicted octanol–water partition coefficient (Wildman–Crippen LogP) is 1.19. The number of hydrogen-bond donors (Lipinski definition) is 1. The molecule has 0 bridgehead atoms. The average molecular weight is 220 g/mol. The van der Waals surface area contributed by atoms with E-state index in [2.05, 4.69) is 28.9 Å². The van der Waals surface area contributed by atoms with Crippen LogP contribution in [0.3, 0.4) is 0 Å². The van der Waals surface area contributed by atoms with Gasteiger partial charge in [-0.2, -0.15) is 0 Å². The van der Waals surface area contributed by atoms with Crippen LogP contribution >= 0.6 is 0 Å². The molecule has 0 aliphatic carbocycles. The molecule has 2 rings (SSSR count). The minimum Gasteiger partial charge on any atom is -0.396 e. The standard InChI is InChI=1S/C12H20N4/c1-15(2)10-5-4-8-16(9-10)12-11(13)6-3-7-14-12/h3,6-7,10H,4-5,8-9,13H2,1-2H3. The van der Waals surface area contributed by atoms with Crippen molar-refractivity contribution in [1.82, 2.24) is 9.88 Å². The number of aromatic nitrogens is 1. The summed E-state index contributed by atoms with van der Waals surface area (Å²) in [6.07, 6.45) is 4.28. The molecule has 2 N–H and O–H groups in total. The van der Waals surface area contributed by atoms with Gasteiger partial charge in [0, 0.05) is 25.3 Å². The Kier molecular flexibility index (Phi) is 3.29. The van der Waals surface area contributed by atoms with Crippen LogP contribution in [0.1, 0.15) is 12.8 Å².